The van der Waals surface area contributed by atoms with Crippen LogP contribution in [0.5, 0.6) is 0 Å². The molecule has 0 saturated heterocycles. The Morgan fingerprint density at radius 2 is 1.94 bits per heavy atom. The Labute approximate surface area is 117 Å². The van der Waals surface area contributed by atoms with Crippen molar-refractivity contribution < 1.29 is 0 Å². The average molecular weight is 278 g/mol. The first-order chi connectivity index (χ1) is 8.70. The number of benzene rings is 1. The molecular formula is C14H18N2S2. The molecule has 0 aliphatic heterocycles. The third-order valence-corrected chi connectivity index (χ3v) is 5.10. The molecule has 18 heavy (non-hydrogen) atoms. The van der Waals surface area contributed by atoms with Gasteiger partial charge in [0.1, 0.15) is 0 Å². The van der Waals surface area contributed by atoms with Crippen molar-refractivity contribution in [1.82, 2.24) is 5.43 Å². The summed E-state index contributed by atoms with van der Waals surface area (Å²) in [6.07, 6.45) is 0. The monoisotopic (exact) mass is 278 g/mol. The quantitative estimate of drug-likeness (QED) is 0.498. The Hall–Kier alpha value is -0.810. The molecular weight excluding hydrogens is 260 g/mol. The maximum atomic E-state index is 5.66. The van der Waals surface area contributed by atoms with Crippen LogP contribution in [-0.2, 0) is 0 Å². The molecule has 3 N–H and O–H groups in total. The Bertz CT molecular complexity index is 491. The van der Waals surface area contributed by atoms with Crippen molar-refractivity contribution >= 4 is 23.1 Å². The minimum atomic E-state index is 0.219. The fraction of sp³-hybridized carbons (Fsp3) is 0.286. The molecule has 1 aromatic carbocycles. The Kier molecular flexibility index (Phi) is 4.83. The van der Waals surface area contributed by atoms with Gasteiger partial charge in [-0.05, 0) is 43.0 Å². The Morgan fingerprint density at radius 3 is 2.50 bits per heavy atom. The van der Waals surface area contributed by atoms with Crippen LogP contribution in [0.4, 0.5) is 0 Å². The molecule has 1 aromatic heterocycles. The summed E-state index contributed by atoms with van der Waals surface area (Å²) in [6.45, 7) is 4.24. The fourth-order valence-electron chi connectivity index (χ4n) is 1.75. The van der Waals surface area contributed by atoms with Crippen molar-refractivity contribution in [1.29, 1.82) is 0 Å². The largest absolute Gasteiger partial charge is 0.271 e. The van der Waals surface area contributed by atoms with Gasteiger partial charge in [0, 0.05) is 15.5 Å². The lowest BCUT2D eigenvalue weighted by atomic mass is 10.2. The number of nitrogens with two attached hydrogens (primary N) is 1. The van der Waals surface area contributed by atoms with Crippen LogP contribution < -0.4 is 11.3 Å². The zero-order valence-electron chi connectivity index (χ0n) is 10.6. The van der Waals surface area contributed by atoms with E-state index in [2.05, 4.69) is 55.0 Å². The normalized spacial score (nSPS) is 12.6. The molecule has 0 aliphatic carbocycles. The summed E-state index contributed by atoms with van der Waals surface area (Å²) in [5.41, 5.74) is 5.52. The minimum absolute atomic E-state index is 0.219. The number of nitrogens with one attached hydrogen (secondary N) is 1. The second kappa shape index (κ2) is 6.38. The lowest BCUT2D eigenvalue weighted by Gasteiger charge is -2.15. The lowest BCUT2D eigenvalue weighted by Crippen LogP contribution is -2.29. The van der Waals surface area contributed by atoms with E-state index in [1.807, 2.05) is 11.8 Å². The van der Waals surface area contributed by atoms with Crippen LogP contribution in [0.25, 0.3) is 0 Å². The van der Waals surface area contributed by atoms with E-state index in [4.69, 9.17) is 5.84 Å². The molecule has 4 heteroatoms. The van der Waals surface area contributed by atoms with Crippen molar-refractivity contribution in [3.8, 4) is 0 Å². The lowest BCUT2D eigenvalue weighted by molar-refractivity contribution is 0.618. The number of hydrogen-bond acceptors (Lipinski definition) is 4. The van der Waals surface area contributed by atoms with Crippen LogP contribution in [0.3, 0.4) is 0 Å². The summed E-state index contributed by atoms with van der Waals surface area (Å²) in [5, 5.41) is 2.12. The summed E-state index contributed by atoms with van der Waals surface area (Å²) < 4.78 is 0. The third kappa shape index (κ3) is 3.36. The molecule has 1 unspecified atom stereocenters. The summed E-state index contributed by atoms with van der Waals surface area (Å²) in [6, 6.07) is 11.0. The predicted octanol–water partition coefficient (Wildman–Crippen LogP) is 3.66. The highest BCUT2D eigenvalue weighted by atomic mass is 32.2. The first kappa shape index (κ1) is 13.6. The van der Waals surface area contributed by atoms with E-state index in [1.54, 1.807) is 11.3 Å². The van der Waals surface area contributed by atoms with E-state index in [-0.39, 0.29) is 6.04 Å². The summed E-state index contributed by atoms with van der Waals surface area (Å²) >= 11 is 3.60. The van der Waals surface area contributed by atoms with Crippen LogP contribution in [0.15, 0.2) is 40.6 Å². The fourth-order valence-corrected chi connectivity index (χ4v) is 3.80. The van der Waals surface area contributed by atoms with Gasteiger partial charge in [0.2, 0.25) is 0 Å². The predicted molar refractivity (Wildman–Crippen MR) is 81.0 cm³/mol. The Morgan fingerprint density at radius 1 is 1.22 bits per heavy atom. The number of hydrogen-bond donors (Lipinski definition) is 2. The molecule has 0 bridgehead atoms. The number of rotatable bonds is 5. The molecule has 2 nitrogen and oxygen atoms in total. The maximum Gasteiger partial charge on any atom is 0.0649 e. The molecule has 2 aromatic rings. The highest BCUT2D eigenvalue weighted by Gasteiger charge is 2.13. The molecule has 0 saturated carbocycles. The van der Waals surface area contributed by atoms with Crippen LogP contribution in [0.2, 0.25) is 0 Å². The van der Waals surface area contributed by atoms with E-state index < -0.39 is 0 Å². The van der Waals surface area contributed by atoms with Gasteiger partial charge in [-0.25, -0.2) is 0 Å². The van der Waals surface area contributed by atoms with Gasteiger partial charge < -0.3 is 0 Å². The van der Waals surface area contributed by atoms with Crippen molar-refractivity contribution in [2.24, 2.45) is 5.84 Å². The van der Waals surface area contributed by atoms with Gasteiger partial charge in [-0.3, -0.25) is 11.3 Å². The van der Waals surface area contributed by atoms with Gasteiger partial charge in [0.25, 0.3) is 0 Å². The van der Waals surface area contributed by atoms with Crippen molar-refractivity contribution in [3.63, 3.8) is 0 Å². The molecule has 0 fully saturated rings. The molecule has 0 radical (unpaired) electrons. The van der Waals surface area contributed by atoms with E-state index in [9.17, 15) is 0 Å². The smallest absolute Gasteiger partial charge is 0.0649 e. The molecule has 2 rings (SSSR count). The third-order valence-electron chi connectivity index (χ3n) is 2.86. The van der Waals surface area contributed by atoms with Crippen LogP contribution in [-0.4, -0.2) is 5.75 Å². The van der Waals surface area contributed by atoms with E-state index in [1.165, 1.54) is 20.9 Å². The maximum absolute atomic E-state index is 5.66. The average Bonchev–Trinajstić information content (AvgIpc) is 2.79. The van der Waals surface area contributed by atoms with Gasteiger partial charge in [-0.15, -0.1) is 23.1 Å². The zero-order chi connectivity index (χ0) is 13.0. The van der Waals surface area contributed by atoms with Gasteiger partial charge in [0.05, 0.1) is 6.04 Å². The van der Waals surface area contributed by atoms with Crippen LogP contribution >= 0.6 is 23.1 Å². The highest BCUT2D eigenvalue weighted by Crippen LogP contribution is 2.29. The molecule has 0 amide bonds. The van der Waals surface area contributed by atoms with Crippen LogP contribution in [0, 0.1) is 13.8 Å². The van der Waals surface area contributed by atoms with E-state index in [0.29, 0.717) is 0 Å². The zero-order valence-corrected chi connectivity index (χ0v) is 12.3. The summed E-state index contributed by atoms with van der Waals surface area (Å²) in [5.74, 6) is 6.61. The topological polar surface area (TPSA) is 38.0 Å². The molecule has 96 valence electrons. The standard InChI is InChI=1S/C14H18N2S2/c1-10-3-5-12(6-4-10)18-9-13(16-15)14-11(2)7-8-17-14/h3-8,13,16H,9,15H2,1-2H3. The van der Waals surface area contributed by atoms with E-state index in [0.717, 1.165) is 5.75 Å². The molecule has 1 heterocycles. The minimum Gasteiger partial charge on any atom is -0.271 e. The number of aryl methyl sites for hydroxylation is 2. The highest BCUT2D eigenvalue weighted by molar-refractivity contribution is 7.99. The van der Waals surface area contributed by atoms with Crippen molar-refractivity contribution in [2.45, 2.75) is 24.8 Å². The van der Waals surface area contributed by atoms with Crippen molar-refractivity contribution in [3.05, 3.63) is 51.7 Å². The second-order valence-corrected chi connectivity index (χ2v) is 6.35. The van der Waals surface area contributed by atoms with Crippen LogP contribution in [0.1, 0.15) is 22.0 Å². The van der Waals surface area contributed by atoms with Gasteiger partial charge in [-0.1, -0.05) is 17.7 Å². The van der Waals surface area contributed by atoms with Gasteiger partial charge in [0.15, 0.2) is 0 Å². The van der Waals surface area contributed by atoms with Gasteiger partial charge >= 0.3 is 0 Å². The first-order valence-corrected chi connectivity index (χ1v) is 7.77. The molecule has 0 aliphatic rings. The van der Waals surface area contributed by atoms with E-state index >= 15 is 0 Å². The number of thioether (sulfide) groups is 1. The number of hydrazine groups is 1. The second-order valence-electron chi connectivity index (χ2n) is 4.31. The summed E-state index contributed by atoms with van der Waals surface area (Å²) in [4.78, 5) is 2.62. The van der Waals surface area contributed by atoms with Crippen molar-refractivity contribution in [2.75, 3.05) is 5.75 Å². The SMILES string of the molecule is Cc1ccc(SCC(NN)c2sccc2C)cc1. The molecule has 1 atom stereocenters. The summed E-state index contributed by atoms with van der Waals surface area (Å²) in [7, 11) is 0. The Balaban J connectivity index is 2.00. The first-order valence-electron chi connectivity index (χ1n) is 5.90. The molecule has 0 spiro atoms. The van der Waals surface area contributed by atoms with Gasteiger partial charge in [-0.2, -0.15) is 0 Å². The number of thiophene rings is 1.